The standard InChI is InChI=1S/C21H40O2S/c1-2-19-23-21(22)18-16-14-12-10-8-6-4-3-5-7-9-11-13-15-17-20-24/h3-4,24H,2,5-20H2,1H3/b4-3-. The van der Waals surface area contributed by atoms with Gasteiger partial charge in [0.15, 0.2) is 0 Å². The van der Waals surface area contributed by atoms with Gasteiger partial charge in [-0.25, -0.2) is 0 Å². The molecule has 0 spiro atoms. The first-order valence-corrected chi connectivity index (χ1v) is 10.9. The summed E-state index contributed by atoms with van der Waals surface area (Å²) in [5.74, 6) is 1.01. The Morgan fingerprint density at radius 2 is 1.29 bits per heavy atom. The maximum absolute atomic E-state index is 11.3. The van der Waals surface area contributed by atoms with Crippen LogP contribution in [0.4, 0.5) is 0 Å². The quantitative estimate of drug-likeness (QED) is 0.125. The summed E-state index contributed by atoms with van der Waals surface area (Å²) >= 11 is 4.23. The lowest BCUT2D eigenvalue weighted by Crippen LogP contribution is -2.04. The van der Waals surface area contributed by atoms with Crippen LogP contribution in [0.15, 0.2) is 12.2 Å². The number of ether oxygens (including phenoxy) is 1. The Bertz CT molecular complexity index is 290. The first kappa shape index (κ1) is 23.6. The third-order valence-electron chi connectivity index (χ3n) is 4.16. The molecular weight excluding hydrogens is 316 g/mol. The van der Waals surface area contributed by atoms with Crippen molar-refractivity contribution >= 4 is 18.6 Å². The van der Waals surface area contributed by atoms with E-state index in [0.29, 0.717) is 13.0 Å². The molecule has 0 aliphatic rings. The van der Waals surface area contributed by atoms with E-state index in [0.717, 1.165) is 25.0 Å². The summed E-state index contributed by atoms with van der Waals surface area (Å²) in [7, 11) is 0. The lowest BCUT2D eigenvalue weighted by molar-refractivity contribution is -0.143. The molecule has 0 aromatic heterocycles. The average molecular weight is 357 g/mol. The van der Waals surface area contributed by atoms with Crippen LogP contribution in [-0.2, 0) is 9.53 Å². The first-order valence-electron chi connectivity index (χ1n) is 10.2. The molecule has 0 amide bonds. The van der Waals surface area contributed by atoms with Crippen molar-refractivity contribution in [2.45, 2.75) is 103 Å². The second-order valence-corrected chi connectivity index (χ2v) is 7.08. The predicted molar refractivity (Wildman–Crippen MR) is 109 cm³/mol. The Balaban J connectivity index is 3.14. The van der Waals surface area contributed by atoms with Gasteiger partial charge in [0.25, 0.3) is 0 Å². The minimum atomic E-state index is -0.0264. The second-order valence-electron chi connectivity index (χ2n) is 6.63. The number of allylic oxidation sites excluding steroid dienone is 2. The fourth-order valence-corrected chi connectivity index (χ4v) is 2.89. The number of rotatable bonds is 18. The van der Waals surface area contributed by atoms with Crippen LogP contribution in [0.2, 0.25) is 0 Å². The summed E-state index contributed by atoms with van der Waals surface area (Å²) in [4.78, 5) is 11.3. The van der Waals surface area contributed by atoms with Gasteiger partial charge in [-0.2, -0.15) is 12.6 Å². The van der Waals surface area contributed by atoms with E-state index in [1.165, 1.54) is 70.6 Å². The first-order chi connectivity index (χ1) is 11.8. The minimum absolute atomic E-state index is 0.0264. The highest BCUT2D eigenvalue weighted by Gasteiger charge is 2.01. The lowest BCUT2D eigenvalue weighted by Gasteiger charge is -2.03. The molecule has 142 valence electrons. The smallest absolute Gasteiger partial charge is 0.305 e. The van der Waals surface area contributed by atoms with E-state index in [2.05, 4.69) is 24.8 Å². The monoisotopic (exact) mass is 356 g/mol. The van der Waals surface area contributed by atoms with Crippen LogP contribution in [0.1, 0.15) is 103 Å². The molecule has 0 aromatic rings. The molecule has 0 aliphatic heterocycles. The highest BCUT2D eigenvalue weighted by Crippen LogP contribution is 2.10. The number of carbonyl (C=O) groups is 1. The summed E-state index contributed by atoms with van der Waals surface area (Å²) < 4.78 is 5.06. The molecule has 0 aliphatic carbocycles. The van der Waals surface area contributed by atoms with Crippen molar-refractivity contribution in [1.29, 1.82) is 0 Å². The Labute approximate surface area is 156 Å². The normalized spacial score (nSPS) is 11.2. The molecule has 0 saturated heterocycles. The van der Waals surface area contributed by atoms with Crippen LogP contribution >= 0.6 is 12.6 Å². The SMILES string of the molecule is CCCOC(=O)CCCCCCC/C=C\CCCCCCCCS. The molecule has 0 bridgehead atoms. The molecule has 24 heavy (non-hydrogen) atoms. The summed E-state index contributed by atoms with van der Waals surface area (Å²) in [6.45, 7) is 2.59. The molecule has 2 nitrogen and oxygen atoms in total. The van der Waals surface area contributed by atoms with Gasteiger partial charge in [0.05, 0.1) is 6.61 Å². The number of unbranched alkanes of at least 4 members (excludes halogenated alkanes) is 11. The highest BCUT2D eigenvalue weighted by atomic mass is 32.1. The molecule has 0 saturated carbocycles. The summed E-state index contributed by atoms with van der Waals surface area (Å²) in [6, 6.07) is 0. The van der Waals surface area contributed by atoms with Crippen molar-refractivity contribution < 1.29 is 9.53 Å². The largest absolute Gasteiger partial charge is 0.466 e. The van der Waals surface area contributed by atoms with E-state index in [9.17, 15) is 4.79 Å². The molecule has 3 heteroatoms. The van der Waals surface area contributed by atoms with Gasteiger partial charge in [0, 0.05) is 6.42 Å². The van der Waals surface area contributed by atoms with Crippen molar-refractivity contribution in [3.63, 3.8) is 0 Å². The van der Waals surface area contributed by atoms with Crippen molar-refractivity contribution in [3.05, 3.63) is 12.2 Å². The fraction of sp³-hybridized carbons (Fsp3) is 0.857. The van der Waals surface area contributed by atoms with Crippen molar-refractivity contribution in [3.8, 4) is 0 Å². The van der Waals surface area contributed by atoms with Crippen LogP contribution in [0.25, 0.3) is 0 Å². The van der Waals surface area contributed by atoms with E-state index in [1.807, 2.05) is 6.92 Å². The second kappa shape index (κ2) is 20.6. The molecular formula is C21H40O2S. The zero-order valence-corrected chi connectivity index (χ0v) is 16.8. The van der Waals surface area contributed by atoms with E-state index in [1.54, 1.807) is 0 Å². The average Bonchev–Trinajstić information content (AvgIpc) is 2.59. The van der Waals surface area contributed by atoms with Crippen LogP contribution in [0, 0.1) is 0 Å². The molecule has 0 aromatic carbocycles. The topological polar surface area (TPSA) is 26.3 Å². The van der Waals surface area contributed by atoms with E-state index in [4.69, 9.17) is 4.74 Å². The molecule has 0 rings (SSSR count). The van der Waals surface area contributed by atoms with Crippen molar-refractivity contribution in [1.82, 2.24) is 0 Å². The fourth-order valence-electron chi connectivity index (χ4n) is 2.67. The molecule has 0 radical (unpaired) electrons. The zero-order valence-electron chi connectivity index (χ0n) is 15.9. The van der Waals surface area contributed by atoms with Gasteiger partial charge in [-0.3, -0.25) is 4.79 Å². The van der Waals surface area contributed by atoms with E-state index in [-0.39, 0.29) is 5.97 Å². The van der Waals surface area contributed by atoms with Gasteiger partial charge < -0.3 is 4.74 Å². The number of thiol groups is 1. The van der Waals surface area contributed by atoms with Crippen LogP contribution in [0.5, 0.6) is 0 Å². The van der Waals surface area contributed by atoms with Gasteiger partial charge in [0.1, 0.15) is 0 Å². The van der Waals surface area contributed by atoms with Crippen molar-refractivity contribution in [2.24, 2.45) is 0 Å². The van der Waals surface area contributed by atoms with Gasteiger partial charge in [-0.05, 0) is 50.7 Å². The maximum Gasteiger partial charge on any atom is 0.305 e. The molecule has 0 atom stereocenters. The third kappa shape index (κ3) is 19.6. The van der Waals surface area contributed by atoms with Gasteiger partial charge in [0.2, 0.25) is 0 Å². The van der Waals surface area contributed by atoms with Crippen LogP contribution in [0.3, 0.4) is 0 Å². The molecule has 0 fully saturated rings. The maximum atomic E-state index is 11.3. The Morgan fingerprint density at radius 1 is 0.792 bits per heavy atom. The van der Waals surface area contributed by atoms with Gasteiger partial charge in [-0.15, -0.1) is 0 Å². The van der Waals surface area contributed by atoms with Crippen LogP contribution in [-0.4, -0.2) is 18.3 Å². The summed E-state index contributed by atoms with van der Waals surface area (Å²) in [6.07, 6.45) is 22.7. The summed E-state index contributed by atoms with van der Waals surface area (Å²) in [5.41, 5.74) is 0. The molecule has 0 N–H and O–H groups in total. The Morgan fingerprint density at radius 3 is 1.83 bits per heavy atom. The minimum Gasteiger partial charge on any atom is -0.466 e. The van der Waals surface area contributed by atoms with E-state index < -0.39 is 0 Å². The predicted octanol–water partition coefficient (Wildman–Crippen LogP) is 6.89. The number of carbonyl (C=O) groups excluding carboxylic acids is 1. The number of hydrogen-bond acceptors (Lipinski definition) is 3. The number of hydrogen-bond donors (Lipinski definition) is 1. The highest BCUT2D eigenvalue weighted by molar-refractivity contribution is 7.80. The van der Waals surface area contributed by atoms with Gasteiger partial charge in [-0.1, -0.05) is 64.0 Å². The lowest BCUT2D eigenvalue weighted by atomic mass is 10.1. The van der Waals surface area contributed by atoms with Crippen LogP contribution < -0.4 is 0 Å². The molecule has 0 unspecified atom stereocenters. The zero-order chi connectivity index (χ0) is 17.7. The molecule has 0 heterocycles. The van der Waals surface area contributed by atoms with Gasteiger partial charge >= 0.3 is 5.97 Å². The third-order valence-corrected chi connectivity index (χ3v) is 4.48. The van der Waals surface area contributed by atoms with Crippen molar-refractivity contribution in [2.75, 3.05) is 12.4 Å². The number of esters is 1. The Kier molecular flexibility index (Phi) is 20.2. The van der Waals surface area contributed by atoms with E-state index >= 15 is 0 Å². The summed E-state index contributed by atoms with van der Waals surface area (Å²) in [5, 5.41) is 0. The Hall–Kier alpha value is -0.440.